The zero-order valence-corrected chi connectivity index (χ0v) is 22.8. The van der Waals surface area contributed by atoms with Gasteiger partial charge >= 0.3 is 5.97 Å². The highest BCUT2D eigenvalue weighted by molar-refractivity contribution is 5.99. The number of likely N-dealkylation sites (tertiary alicyclic amines) is 1. The Bertz CT molecular complexity index is 1090. The molecule has 0 unspecified atom stereocenters. The number of benzene rings is 1. The fourth-order valence-electron chi connectivity index (χ4n) is 5.55. The minimum atomic E-state index is -1.39. The number of hydrogen-bond acceptors (Lipinski definition) is 5. The molecule has 1 fully saturated rings. The van der Waals surface area contributed by atoms with Crippen molar-refractivity contribution in [2.45, 2.75) is 71.4 Å². The number of aryl methyl sites for hydroxylation is 1. The predicted molar refractivity (Wildman–Crippen MR) is 139 cm³/mol. The van der Waals surface area contributed by atoms with E-state index in [1.54, 1.807) is 37.4 Å². The van der Waals surface area contributed by atoms with Gasteiger partial charge in [-0.1, -0.05) is 46.8 Å². The van der Waals surface area contributed by atoms with Crippen LogP contribution < -0.4 is 4.74 Å². The highest BCUT2D eigenvalue weighted by atomic mass is 16.5. The molecular weight excluding hydrogens is 456 g/mol. The molecule has 1 saturated heterocycles. The number of carbonyl (C=O) groups is 2. The van der Waals surface area contributed by atoms with Crippen LogP contribution in [0.1, 0.15) is 80.7 Å². The molecule has 0 spiro atoms. The summed E-state index contributed by atoms with van der Waals surface area (Å²) in [4.78, 5) is 33.5. The van der Waals surface area contributed by atoms with Gasteiger partial charge in [0, 0.05) is 24.8 Å². The van der Waals surface area contributed by atoms with Crippen molar-refractivity contribution in [2.75, 3.05) is 20.8 Å². The molecule has 1 aliphatic heterocycles. The summed E-state index contributed by atoms with van der Waals surface area (Å²) in [5.41, 5.74) is 1.46. The van der Waals surface area contributed by atoms with Crippen molar-refractivity contribution in [1.29, 1.82) is 0 Å². The van der Waals surface area contributed by atoms with E-state index in [1.165, 1.54) is 0 Å². The molecule has 1 aromatic heterocycles. The molecule has 1 aliphatic rings. The first-order chi connectivity index (χ1) is 16.9. The maximum absolute atomic E-state index is 14.3. The molecule has 0 saturated carbocycles. The summed E-state index contributed by atoms with van der Waals surface area (Å²) in [5, 5.41) is 10.6. The maximum Gasteiger partial charge on any atom is 0.329 e. The quantitative estimate of drug-likeness (QED) is 0.525. The third kappa shape index (κ3) is 5.26. The Labute approximate surface area is 214 Å². The highest BCUT2D eigenvalue weighted by Gasteiger charge is 2.59. The molecule has 7 nitrogen and oxygen atoms in total. The number of hydrogen-bond donors (Lipinski definition) is 1. The molecule has 1 aromatic carbocycles. The number of rotatable bonds is 8. The number of aliphatic carboxylic acids is 1. The zero-order chi connectivity index (χ0) is 26.8. The first-order valence-corrected chi connectivity index (χ1v) is 12.5. The summed E-state index contributed by atoms with van der Waals surface area (Å²) in [7, 11) is 3.19. The monoisotopic (exact) mass is 496 g/mol. The number of nitrogens with zero attached hydrogens (tertiary/aromatic N) is 2. The minimum absolute atomic E-state index is 0.0575. The normalized spacial score (nSPS) is 22.2. The fraction of sp³-hybridized carbons (Fsp3) is 0.552. The van der Waals surface area contributed by atoms with Crippen LogP contribution in [0.15, 0.2) is 36.5 Å². The molecular formula is C29H40N2O5. The lowest BCUT2D eigenvalue weighted by molar-refractivity contribution is -0.150. The van der Waals surface area contributed by atoms with Gasteiger partial charge in [0.25, 0.3) is 5.91 Å². The third-order valence-corrected chi connectivity index (χ3v) is 7.02. The molecule has 0 aliphatic carbocycles. The molecule has 0 bridgehead atoms. The molecule has 7 heteroatoms. The van der Waals surface area contributed by atoms with E-state index in [0.717, 1.165) is 11.1 Å². The Morgan fingerprint density at radius 2 is 1.89 bits per heavy atom. The number of carboxylic acids is 1. The Hall–Kier alpha value is -2.93. The summed E-state index contributed by atoms with van der Waals surface area (Å²) in [6.07, 6.45) is 2.37. The largest absolute Gasteiger partial charge is 0.496 e. The van der Waals surface area contributed by atoms with Crippen molar-refractivity contribution >= 4 is 11.9 Å². The van der Waals surface area contributed by atoms with Crippen molar-refractivity contribution in [3.05, 3.63) is 58.9 Å². The SMILES string of the molecule is COC[C@H]1C[C@@](CC(C)C)(C(=O)O)N(C(=O)c2ccc(C(C)(C)C)c(OC)c2)[C@H]1c1ccc(C)cn1. The van der Waals surface area contributed by atoms with E-state index in [-0.39, 0.29) is 29.6 Å². The number of aromatic nitrogens is 1. The Morgan fingerprint density at radius 3 is 2.39 bits per heavy atom. The summed E-state index contributed by atoms with van der Waals surface area (Å²) >= 11 is 0. The van der Waals surface area contributed by atoms with Gasteiger partial charge < -0.3 is 19.5 Å². The number of ether oxygens (including phenoxy) is 2. The molecule has 2 aromatic rings. The van der Waals surface area contributed by atoms with Crippen LogP contribution in [-0.2, 0) is 14.9 Å². The zero-order valence-electron chi connectivity index (χ0n) is 22.8. The molecule has 1 amide bonds. The van der Waals surface area contributed by atoms with Gasteiger partial charge in [-0.2, -0.15) is 0 Å². The lowest BCUT2D eigenvalue weighted by atomic mass is 9.83. The molecule has 1 N–H and O–H groups in total. The van der Waals surface area contributed by atoms with E-state index in [9.17, 15) is 14.7 Å². The summed E-state index contributed by atoms with van der Waals surface area (Å²) < 4.78 is 11.2. The first-order valence-electron chi connectivity index (χ1n) is 12.5. The second kappa shape index (κ2) is 10.6. The van der Waals surface area contributed by atoms with Crippen molar-refractivity contribution < 1.29 is 24.2 Å². The standard InChI is InChI=1S/C29H40N2O5/c1-18(2)14-29(27(33)34)15-21(17-35-7)25(23-12-9-19(3)16-30-23)31(29)26(32)20-10-11-22(28(4,5)6)24(13-20)36-8/h9-13,16,18,21,25H,14-15,17H2,1-8H3,(H,33,34)/t21-,25-,29+/m1/s1. The van der Waals surface area contributed by atoms with E-state index < -0.39 is 17.6 Å². The van der Waals surface area contributed by atoms with Gasteiger partial charge in [0.15, 0.2) is 0 Å². The number of amides is 1. The van der Waals surface area contributed by atoms with Crippen molar-refractivity contribution in [1.82, 2.24) is 9.88 Å². The maximum atomic E-state index is 14.3. The van der Waals surface area contributed by atoms with Gasteiger partial charge in [-0.15, -0.1) is 0 Å². The van der Waals surface area contributed by atoms with Crippen molar-refractivity contribution in [3.8, 4) is 5.75 Å². The Balaban J connectivity index is 2.23. The van der Waals surface area contributed by atoms with E-state index in [4.69, 9.17) is 9.47 Å². The molecule has 2 heterocycles. The van der Waals surface area contributed by atoms with Crippen molar-refractivity contribution in [2.24, 2.45) is 11.8 Å². The van der Waals surface area contributed by atoms with E-state index in [1.807, 2.05) is 39.0 Å². The van der Waals surface area contributed by atoms with Crippen LogP contribution in [0.4, 0.5) is 0 Å². The number of methoxy groups -OCH3 is 2. The molecule has 0 radical (unpaired) electrons. The number of carboxylic acid groups (broad SMARTS) is 1. The number of carbonyl (C=O) groups excluding carboxylic acids is 1. The van der Waals surface area contributed by atoms with Gasteiger partial charge in [-0.25, -0.2) is 4.79 Å². The van der Waals surface area contributed by atoms with Gasteiger partial charge in [0.2, 0.25) is 0 Å². The van der Waals surface area contributed by atoms with Gasteiger partial charge in [-0.3, -0.25) is 9.78 Å². The summed E-state index contributed by atoms with van der Waals surface area (Å²) in [6.45, 7) is 12.5. The van der Waals surface area contributed by atoms with Crippen LogP contribution in [-0.4, -0.2) is 53.2 Å². The van der Waals surface area contributed by atoms with Gasteiger partial charge in [-0.05, 0) is 60.4 Å². The van der Waals surface area contributed by atoms with Crippen LogP contribution in [0.3, 0.4) is 0 Å². The van der Waals surface area contributed by atoms with E-state index >= 15 is 0 Å². The van der Waals surface area contributed by atoms with Crippen LogP contribution in [0.2, 0.25) is 0 Å². The van der Waals surface area contributed by atoms with E-state index in [0.29, 0.717) is 30.0 Å². The second-order valence-electron chi connectivity index (χ2n) is 11.4. The molecule has 3 atom stereocenters. The lowest BCUT2D eigenvalue weighted by Crippen LogP contribution is -2.54. The van der Waals surface area contributed by atoms with Crippen LogP contribution in [0.25, 0.3) is 0 Å². The summed E-state index contributed by atoms with van der Waals surface area (Å²) in [6, 6.07) is 8.70. The molecule has 3 rings (SSSR count). The van der Waals surface area contributed by atoms with Crippen LogP contribution in [0.5, 0.6) is 5.75 Å². The topological polar surface area (TPSA) is 89.0 Å². The van der Waals surface area contributed by atoms with Crippen molar-refractivity contribution in [3.63, 3.8) is 0 Å². The molecule has 196 valence electrons. The third-order valence-electron chi connectivity index (χ3n) is 7.02. The Morgan fingerprint density at radius 1 is 1.19 bits per heavy atom. The summed E-state index contributed by atoms with van der Waals surface area (Å²) in [5.74, 6) is -0.904. The van der Waals surface area contributed by atoms with Crippen LogP contribution in [0, 0.1) is 18.8 Å². The smallest absolute Gasteiger partial charge is 0.329 e. The average Bonchev–Trinajstić information content (AvgIpc) is 3.12. The van der Waals surface area contributed by atoms with Crippen LogP contribution >= 0.6 is 0 Å². The second-order valence-corrected chi connectivity index (χ2v) is 11.4. The Kier molecular flexibility index (Phi) is 8.13. The number of pyridine rings is 1. The fourth-order valence-corrected chi connectivity index (χ4v) is 5.55. The minimum Gasteiger partial charge on any atom is -0.496 e. The average molecular weight is 497 g/mol. The van der Waals surface area contributed by atoms with E-state index in [2.05, 4.69) is 25.8 Å². The predicted octanol–water partition coefficient (Wildman–Crippen LogP) is 5.42. The lowest BCUT2D eigenvalue weighted by Gasteiger charge is -2.39. The van der Waals surface area contributed by atoms with Gasteiger partial charge in [0.1, 0.15) is 11.3 Å². The first kappa shape index (κ1) is 27.7. The molecule has 36 heavy (non-hydrogen) atoms. The van der Waals surface area contributed by atoms with Gasteiger partial charge in [0.05, 0.1) is 25.5 Å². The highest BCUT2D eigenvalue weighted by Crippen LogP contribution is 2.50.